The van der Waals surface area contributed by atoms with E-state index in [0.29, 0.717) is 17.2 Å². The molecule has 0 bridgehead atoms. The number of furan rings is 1. The molecular formula is C26H28N2O3. The highest BCUT2D eigenvalue weighted by Gasteiger charge is 2.21. The molecule has 1 atom stereocenters. The summed E-state index contributed by atoms with van der Waals surface area (Å²) in [4.78, 5) is 26.0. The van der Waals surface area contributed by atoms with Gasteiger partial charge in [0.1, 0.15) is 11.5 Å². The lowest BCUT2D eigenvalue weighted by molar-refractivity contribution is -0.118. The van der Waals surface area contributed by atoms with E-state index in [1.165, 1.54) is 6.26 Å². The van der Waals surface area contributed by atoms with E-state index in [2.05, 4.69) is 24.5 Å². The van der Waals surface area contributed by atoms with Crippen LogP contribution in [0.25, 0.3) is 6.08 Å². The van der Waals surface area contributed by atoms with Gasteiger partial charge in [-0.3, -0.25) is 9.59 Å². The first-order valence-corrected chi connectivity index (χ1v) is 10.4. The van der Waals surface area contributed by atoms with Gasteiger partial charge in [0.2, 0.25) is 0 Å². The Morgan fingerprint density at radius 3 is 2.42 bits per heavy atom. The summed E-state index contributed by atoms with van der Waals surface area (Å²) in [5, 5.41) is 5.84. The molecule has 2 N–H and O–H groups in total. The summed E-state index contributed by atoms with van der Waals surface area (Å²) >= 11 is 0. The van der Waals surface area contributed by atoms with Crippen LogP contribution in [-0.4, -0.2) is 11.8 Å². The smallest absolute Gasteiger partial charge is 0.268 e. The van der Waals surface area contributed by atoms with Gasteiger partial charge in [0.25, 0.3) is 11.8 Å². The summed E-state index contributed by atoms with van der Waals surface area (Å²) in [6.45, 7) is 6.14. The Bertz CT molecular complexity index is 1040. The van der Waals surface area contributed by atoms with Gasteiger partial charge in [-0.05, 0) is 49.1 Å². The minimum atomic E-state index is -0.369. The summed E-state index contributed by atoms with van der Waals surface area (Å²) in [6, 6.07) is 20.4. The lowest BCUT2D eigenvalue weighted by atomic mass is 9.97. The van der Waals surface area contributed by atoms with Crippen molar-refractivity contribution in [2.75, 3.05) is 0 Å². The number of nitrogens with one attached hydrogen (secondary N) is 2. The Kier molecular flexibility index (Phi) is 7.44. The number of hydrogen-bond donors (Lipinski definition) is 2. The van der Waals surface area contributed by atoms with Crippen molar-refractivity contribution in [3.05, 3.63) is 101 Å². The van der Waals surface area contributed by atoms with Gasteiger partial charge in [-0.1, -0.05) is 61.9 Å². The minimum absolute atomic E-state index is 0.131. The monoisotopic (exact) mass is 416 g/mol. The van der Waals surface area contributed by atoms with Crippen molar-refractivity contribution in [2.45, 2.75) is 33.2 Å². The predicted molar refractivity (Wildman–Crippen MR) is 122 cm³/mol. The Hall–Kier alpha value is -3.60. The zero-order valence-corrected chi connectivity index (χ0v) is 18.1. The lowest BCUT2D eigenvalue weighted by Crippen LogP contribution is -2.37. The van der Waals surface area contributed by atoms with Gasteiger partial charge in [0, 0.05) is 11.6 Å². The van der Waals surface area contributed by atoms with E-state index in [1.54, 1.807) is 30.3 Å². The molecule has 2 aromatic carbocycles. The molecule has 0 saturated carbocycles. The number of carbonyl (C=O) groups is 2. The first kappa shape index (κ1) is 22.1. The maximum Gasteiger partial charge on any atom is 0.268 e. The second kappa shape index (κ2) is 10.4. The molecule has 3 aromatic rings. The fraction of sp³-hybridized carbons (Fsp3) is 0.231. The molecule has 0 aliphatic heterocycles. The molecule has 0 radical (unpaired) electrons. The normalized spacial score (nSPS) is 12.5. The highest BCUT2D eigenvalue weighted by molar-refractivity contribution is 6.05. The average Bonchev–Trinajstić information content (AvgIpc) is 3.26. The number of hydrogen-bond acceptors (Lipinski definition) is 3. The van der Waals surface area contributed by atoms with Gasteiger partial charge in [0.05, 0.1) is 12.3 Å². The SMILES string of the molecule is Cc1cccc(C(=O)N/C(=C\c2ccco2)C(=O)NC(CC(C)C)c2ccccc2)c1. The molecule has 1 unspecified atom stereocenters. The van der Waals surface area contributed by atoms with Crippen LogP contribution in [0.1, 0.15) is 53.6 Å². The van der Waals surface area contributed by atoms with Crippen LogP contribution in [0.3, 0.4) is 0 Å². The summed E-state index contributed by atoms with van der Waals surface area (Å²) < 4.78 is 5.37. The third kappa shape index (κ3) is 6.44. The molecule has 0 aliphatic carbocycles. The zero-order chi connectivity index (χ0) is 22.2. The van der Waals surface area contributed by atoms with E-state index < -0.39 is 0 Å². The fourth-order valence-electron chi connectivity index (χ4n) is 3.33. The van der Waals surface area contributed by atoms with Crippen LogP contribution in [0.2, 0.25) is 0 Å². The van der Waals surface area contributed by atoms with Crippen molar-refractivity contribution in [1.82, 2.24) is 10.6 Å². The Morgan fingerprint density at radius 2 is 1.77 bits per heavy atom. The molecule has 1 aromatic heterocycles. The quantitative estimate of drug-likeness (QED) is 0.492. The van der Waals surface area contributed by atoms with Crippen LogP contribution in [0.4, 0.5) is 0 Å². The maximum atomic E-state index is 13.2. The highest BCUT2D eigenvalue weighted by Crippen LogP contribution is 2.22. The van der Waals surface area contributed by atoms with Crippen molar-refractivity contribution < 1.29 is 14.0 Å². The molecule has 5 nitrogen and oxygen atoms in total. The van der Waals surface area contributed by atoms with Gasteiger partial charge >= 0.3 is 0 Å². The number of carbonyl (C=O) groups excluding carboxylic acids is 2. The molecule has 3 rings (SSSR count). The second-order valence-corrected chi connectivity index (χ2v) is 7.96. The third-order valence-electron chi connectivity index (χ3n) is 4.82. The maximum absolute atomic E-state index is 13.2. The Morgan fingerprint density at radius 1 is 1.00 bits per heavy atom. The average molecular weight is 417 g/mol. The van der Waals surface area contributed by atoms with Gasteiger partial charge < -0.3 is 15.1 Å². The Labute approximate surface area is 183 Å². The summed E-state index contributed by atoms with van der Waals surface area (Å²) in [6.07, 6.45) is 3.84. The van der Waals surface area contributed by atoms with Crippen LogP contribution in [0.15, 0.2) is 83.1 Å². The van der Waals surface area contributed by atoms with Crippen LogP contribution in [0, 0.1) is 12.8 Å². The number of benzene rings is 2. The van der Waals surface area contributed by atoms with Gasteiger partial charge in [-0.2, -0.15) is 0 Å². The number of aryl methyl sites for hydroxylation is 1. The highest BCUT2D eigenvalue weighted by atomic mass is 16.3. The fourth-order valence-corrected chi connectivity index (χ4v) is 3.33. The molecule has 0 fully saturated rings. The predicted octanol–water partition coefficient (Wildman–Crippen LogP) is 5.26. The lowest BCUT2D eigenvalue weighted by Gasteiger charge is -2.22. The minimum Gasteiger partial charge on any atom is -0.465 e. The van der Waals surface area contributed by atoms with Crippen LogP contribution >= 0.6 is 0 Å². The van der Waals surface area contributed by atoms with Crippen molar-refractivity contribution >= 4 is 17.9 Å². The molecule has 0 spiro atoms. The molecule has 2 amide bonds. The van der Waals surface area contributed by atoms with Gasteiger partial charge in [0.15, 0.2) is 0 Å². The van der Waals surface area contributed by atoms with E-state index in [9.17, 15) is 9.59 Å². The zero-order valence-electron chi connectivity index (χ0n) is 18.1. The largest absolute Gasteiger partial charge is 0.465 e. The first-order valence-electron chi connectivity index (χ1n) is 10.4. The molecule has 5 heteroatoms. The molecule has 160 valence electrons. The molecule has 31 heavy (non-hydrogen) atoms. The Balaban J connectivity index is 1.86. The van der Waals surface area contributed by atoms with Crippen molar-refractivity contribution in [2.24, 2.45) is 5.92 Å². The number of amides is 2. The van der Waals surface area contributed by atoms with Crippen molar-refractivity contribution in [3.8, 4) is 0 Å². The van der Waals surface area contributed by atoms with E-state index in [4.69, 9.17) is 4.42 Å². The summed E-state index contributed by atoms with van der Waals surface area (Å²) in [5.74, 6) is 0.142. The van der Waals surface area contributed by atoms with E-state index >= 15 is 0 Å². The number of rotatable bonds is 8. The first-order chi connectivity index (χ1) is 14.9. The molecule has 0 saturated heterocycles. The van der Waals surface area contributed by atoms with Crippen LogP contribution in [0.5, 0.6) is 0 Å². The third-order valence-corrected chi connectivity index (χ3v) is 4.82. The second-order valence-electron chi connectivity index (χ2n) is 7.96. The van der Waals surface area contributed by atoms with Crippen molar-refractivity contribution in [1.29, 1.82) is 0 Å². The molecule has 0 aliphatic rings. The van der Waals surface area contributed by atoms with E-state index in [0.717, 1.165) is 17.5 Å². The van der Waals surface area contributed by atoms with Crippen LogP contribution in [-0.2, 0) is 4.79 Å². The molecular weight excluding hydrogens is 388 g/mol. The molecule has 1 heterocycles. The standard InChI is InChI=1S/C26H28N2O3/c1-18(2)15-23(20-10-5-4-6-11-20)27-26(30)24(17-22-13-8-14-31-22)28-25(29)21-12-7-9-19(3)16-21/h4-14,16-18,23H,15H2,1-3H3,(H,27,30)(H,28,29)/b24-17-. The van der Waals surface area contributed by atoms with Crippen molar-refractivity contribution in [3.63, 3.8) is 0 Å². The van der Waals surface area contributed by atoms with Crippen LogP contribution < -0.4 is 10.6 Å². The van der Waals surface area contributed by atoms with E-state index in [-0.39, 0.29) is 23.6 Å². The topological polar surface area (TPSA) is 71.3 Å². The van der Waals surface area contributed by atoms with E-state index in [1.807, 2.05) is 49.4 Å². The summed E-state index contributed by atoms with van der Waals surface area (Å²) in [5.41, 5.74) is 2.60. The summed E-state index contributed by atoms with van der Waals surface area (Å²) in [7, 11) is 0. The van der Waals surface area contributed by atoms with Gasteiger partial charge in [-0.25, -0.2) is 0 Å². The van der Waals surface area contributed by atoms with Gasteiger partial charge in [-0.15, -0.1) is 0 Å².